The van der Waals surface area contributed by atoms with Crippen molar-refractivity contribution < 1.29 is 15.0 Å². The summed E-state index contributed by atoms with van der Waals surface area (Å²) >= 11 is 6.60. The van der Waals surface area contributed by atoms with Gasteiger partial charge in [-0.1, -0.05) is 48.2 Å². The lowest BCUT2D eigenvalue weighted by molar-refractivity contribution is -0.122. The van der Waals surface area contributed by atoms with Gasteiger partial charge in [0, 0.05) is 6.54 Å². The number of rotatable bonds is 4. The summed E-state index contributed by atoms with van der Waals surface area (Å²) in [6.45, 7) is 0.502. The zero-order valence-electron chi connectivity index (χ0n) is 12.7. The number of thiocarbonyl (C=S) groups is 1. The molecule has 0 radical (unpaired) electrons. The molecule has 6 heteroatoms. The molecule has 1 saturated heterocycles. The summed E-state index contributed by atoms with van der Waals surface area (Å²) in [6, 6.07) is 13.6. The lowest BCUT2D eigenvalue weighted by Gasteiger charge is -2.14. The third kappa shape index (κ3) is 3.77. The van der Waals surface area contributed by atoms with Crippen LogP contribution in [-0.4, -0.2) is 31.9 Å². The average molecular weight is 357 g/mol. The zero-order chi connectivity index (χ0) is 17.1. The quantitative estimate of drug-likeness (QED) is 0.647. The molecule has 1 aliphatic rings. The molecule has 2 N–H and O–H groups in total. The fraction of sp³-hybridized carbons (Fsp3) is 0.111. The van der Waals surface area contributed by atoms with E-state index in [0.29, 0.717) is 22.2 Å². The Hall–Kier alpha value is -2.31. The minimum absolute atomic E-state index is 0.100. The molecule has 1 aliphatic heterocycles. The lowest BCUT2D eigenvalue weighted by atomic mass is 10.1. The number of carbonyl (C=O) groups is 1. The van der Waals surface area contributed by atoms with Crippen molar-refractivity contribution in [1.82, 2.24) is 4.90 Å². The zero-order valence-corrected chi connectivity index (χ0v) is 14.3. The van der Waals surface area contributed by atoms with Crippen LogP contribution in [0.4, 0.5) is 0 Å². The lowest BCUT2D eigenvalue weighted by Crippen LogP contribution is -2.30. The van der Waals surface area contributed by atoms with Gasteiger partial charge in [0.25, 0.3) is 5.91 Å². The summed E-state index contributed by atoms with van der Waals surface area (Å²) in [7, 11) is 0. The molecule has 2 aromatic rings. The van der Waals surface area contributed by atoms with E-state index in [2.05, 4.69) is 0 Å². The number of amides is 1. The molecule has 3 rings (SSSR count). The first-order valence-electron chi connectivity index (χ1n) is 7.35. The monoisotopic (exact) mass is 357 g/mol. The fourth-order valence-electron chi connectivity index (χ4n) is 2.32. The van der Waals surface area contributed by atoms with Crippen molar-refractivity contribution in [3.8, 4) is 11.5 Å². The Bertz CT molecular complexity index is 798. The van der Waals surface area contributed by atoms with Crippen molar-refractivity contribution in [3.63, 3.8) is 0 Å². The van der Waals surface area contributed by atoms with E-state index in [9.17, 15) is 15.0 Å². The van der Waals surface area contributed by atoms with Gasteiger partial charge < -0.3 is 10.2 Å². The molecule has 122 valence electrons. The Morgan fingerprint density at radius 3 is 2.21 bits per heavy atom. The van der Waals surface area contributed by atoms with E-state index in [-0.39, 0.29) is 17.4 Å². The van der Waals surface area contributed by atoms with Gasteiger partial charge in [-0.15, -0.1) is 0 Å². The van der Waals surface area contributed by atoms with Crippen LogP contribution in [0.3, 0.4) is 0 Å². The van der Waals surface area contributed by atoms with Crippen molar-refractivity contribution >= 4 is 40.3 Å². The third-order valence-electron chi connectivity index (χ3n) is 3.62. The summed E-state index contributed by atoms with van der Waals surface area (Å²) in [5.74, 6) is 0.312. The molecule has 1 fully saturated rings. The molecule has 0 saturated carbocycles. The predicted octanol–water partition coefficient (Wildman–Crippen LogP) is 3.54. The molecule has 0 atom stereocenters. The van der Waals surface area contributed by atoms with Gasteiger partial charge in [0.15, 0.2) is 0 Å². The van der Waals surface area contributed by atoms with E-state index in [1.54, 1.807) is 47.4 Å². The first kappa shape index (κ1) is 16.5. The molecule has 0 unspecified atom stereocenters. The minimum atomic E-state index is -0.100. The van der Waals surface area contributed by atoms with Gasteiger partial charge in [-0.25, -0.2) is 0 Å². The van der Waals surface area contributed by atoms with E-state index in [0.717, 1.165) is 11.1 Å². The number of phenolic OH excluding ortho intramolecular Hbond substituents is 2. The van der Waals surface area contributed by atoms with E-state index in [4.69, 9.17) is 12.2 Å². The number of carbonyl (C=O) groups excluding carboxylic acids is 1. The molecule has 0 spiro atoms. The maximum absolute atomic E-state index is 12.5. The molecule has 1 heterocycles. The van der Waals surface area contributed by atoms with Crippen molar-refractivity contribution in [2.24, 2.45) is 0 Å². The smallest absolute Gasteiger partial charge is 0.266 e. The summed E-state index contributed by atoms with van der Waals surface area (Å²) < 4.78 is 0.545. The van der Waals surface area contributed by atoms with Crippen LogP contribution < -0.4 is 0 Å². The molecule has 0 bridgehead atoms. The van der Waals surface area contributed by atoms with Crippen LogP contribution in [0.25, 0.3) is 6.08 Å². The molecule has 4 nitrogen and oxygen atoms in total. The molecule has 0 aliphatic carbocycles. The Labute approximate surface area is 149 Å². The molecule has 2 aromatic carbocycles. The summed E-state index contributed by atoms with van der Waals surface area (Å²) in [5.41, 5.74) is 1.87. The number of phenols is 2. The van der Waals surface area contributed by atoms with E-state index >= 15 is 0 Å². The van der Waals surface area contributed by atoms with Gasteiger partial charge in [0.05, 0.1) is 4.91 Å². The van der Waals surface area contributed by atoms with Crippen LogP contribution in [0.5, 0.6) is 11.5 Å². The topological polar surface area (TPSA) is 60.8 Å². The first-order valence-corrected chi connectivity index (χ1v) is 8.58. The largest absolute Gasteiger partial charge is 0.508 e. The molecule has 1 amide bonds. The Kier molecular flexibility index (Phi) is 4.87. The number of benzene rings is 2. The normalized spacial score (nSPS) is 16.2. The molecule has 24 heavy (non-hydrogen) atoms. The summed E-state index contributed by atoms with van der Waals surface area (Å²) in [6.07, 6.45) is 2.44. The highest BCUT2D eigenvalue weighted by molar-refractivity contribution is 8.26. The molecular weight excluding hydrogens is 342 g/mol. The number of nitrogens with zero attached hydrogens (tertiary/aromatic N) is 1. The molecular formula is C18H15NO3S2. The maximum atomic E-state index is 12.5. The van der Waals surface area contributed by atoms with Gasteiger partial charge in [-0.3, -0.25) is 9.69 Å². The minimum Gasteiger partial charge on any atom is -0.508 e. The van der Waals surface area contributed by atoms with Crippen molar-refractivity contribution in [2.75, 3.05) is 6.54 Å². The van der Waals surface area contributed by atoms with Crippen molar-refractivity contribution in [3.05, 3.63) is 64.6 Å². The van der Waals surface area contributed by atoms with Gasteiger partial charge in [-0.2, -0.15) is 0 Å². The second-order valence-electron chi connectivity index (χ2n) is 5.34. The SMILES string of the molecule is O=C1/C(=C/c2ccc(O)cc2)SC(=S)N1CCc1ccc(O)cc1. The van der Waals surface area contributed by atoms with Crippen molar-refractivity contribution in [2.45, 2.75) is 6.42 Å². The van der Waals surface area contributed by atoms with Crippen LogP contribution in [-0.2, 0) is 11.2 Å². The number of hydrogen-bond donors (Lipinski definition) is 2. The van der Waals surface area contributed by atoms with Gasteiger partial charge in [0.2, 0.25) is 0 Å². The van der Waals surface area contributed by atoms with Crippen LogP contribution >= 0.6 is 24.0 Å². The number of aromatic hydroxyl groups is 2. The highest BCUT2D eigenvalue weighted by atomic mass is 32.2. The summed E-state index contributed by atoms with van der Waals surface area (Å²) in [4.78, 5) is 14.7. The highest BCUT2D eigenvalue weighted by Crippen LogP contribution is 2.32. The number of hydrogen-bond acceptors (Lipinski definition) is 5. The van der Waals surface area contributed by atoms with Gasteiger partial charge >= 0.3 is 0 Å². The van der Waals surface area contributed by atoms with Gasteiger partial charge in [-0.05, 0) is 47.9 Å². The summed E-state index contributed by atoms with van der Waals surface area (Å²) in [5, 5.41) is 18.6. The fourth-order valence-corrected chi connectivity index (χ4v) is 3.63. The van der Waals surface area contributed by atoms with E-state index in [1.807, 2.05) is 12.1 Å². The van der Waals surface area contributed by atoms with Crippen LogP contribution in [0.2, 0.25) is 0 Å². The maximum Gasteiger partial charge on any atom is 0.266 e. The third-order valence-corrected chi connectivity index (χ3v) is 5.00. The predicted molar refractivity (Wildman–Crippen MR) is 99.8 cm³/mol. The Morgan fingerprint density at radius 2 is 1.58 bits per heavy atom. The van der Waals surface area contributed by atoms with Gasteiger partial charge in [0.1, 0.15) is 15.8 Å². The second kappa shape index (κ2) is 7.07. The van der Waals surface area contributed by atoms with Crippen LogP contribution in [0, 0.1) is 0 Å². The molecule has 0 aromatic heterocycles. The highest BCUT2D eigenvalue weighted by Gasteiger charge is 2.31. The van der Waals surface area contributed by atoms with E-state index in [1.165, 1.54) is 11.8 Å². The van der Waals surface area contributed by atoms with E-state index < -0.39 is 0 Å². The Balaban J connectivity index is 1.69. The standard InChI is InChI=1S/C18H15NO3S2/c20-14-5-1-12(2-6-14)9-10-19-17(22)16(24-18(19)23)11-13-3-7-15(21)8-4-13/h1-8,11,20-21H,9-10H2/b16-11-. The first-order chi connectivity index (χ1) is 11.5. The Morgan fingerprint density at radius 1 is 1.00 bits per heavy atom. The average Bonchev–Trinajstić information content (AvgIpc) is 2.83. The van der Waals surface area contributed by atoms with Crippen LogP contribution in [0.15, 0.2) is 53.4 Å². The second-order valence-corrected chi connectivity index (χ2v) is 7.02. The van der Waals surface area contributed by atoms with Crippen molar-refractivity contribution in [1.29, 1.82) is 0 Å². The van der Waals surface area contributed by atoms with Crippen LogP contribution in [0.1, 0.15) is 11.1 Å². The number of thioether (sulfide) groups is 1.